The van der Waals surface area contributed by atoms with Crippen LogP contribution in [0.5, 0.6) is 0 Å². The van der Waals surface area contributed by atoms with Crippen molar-refractivity contribution in [2.75, 3.05) is 11.9 Å². The van der Waals surface area contributed by atoms with Crippen molar-refractivity contribution in [2.45, 2.75) is 13.3 Å². The molecule has 0 aliphatic carbocycles. The van der Waals surface area contributed by atoms with Crippen LogP contribution in [0.1, 0.15) is 23.8 Å². The minimum absolute atomic E-state index is 0.236. The highest BCUT2D eigenvalue weighted by molar-refractivity contribution is 6.36. The summed E-state index contributed by atoms with van der Waals surface area (Å²) in [6, 6.07) is 8.36. The van der Waals surface area contributed by atoms with Crippen molar-refractivity contribution in [1.82, 2.24) is 15.5 Å². The summed E-state index contributed by atoms with van der Waals surface area (Å²) >= 11 is 11.9. The molecule has 1 heterocycles. The van der Waals surface area contributed by atoms with Crippen molar-refractivity contribution in [3.63, 3.8) is 0 Å². The van der Waals surface area contributed by atoms with Crippen molar-refractivity contribution < 1.29 is 4.79 Å². The number of aromatic nitrogens is 2. The molecule has 0 aliphatic heterocycles. The maximum Gasteiger partial charge on any atom is 0.271 e. The van der Waals surface area contributed by atoms with Gasteiger partial charge in [0.15, 0.2) is 11.5 Å². The average molecular weight is 325 g/mol. The molecular formula is C14H14Cl2N4O. The average Bonchev–Trinajstić information content (AvgIpc) is 2.48. The fourth-order valence-corrected chi connectivity index (χ4v) is 2.03. The zero-order chi connectivity index (χ0) is 15.2. The lowest BCUT2D eigenvalue weighted by molar-refractivity contribution is 0.0947. The van der Waals surface area contributed by atoms with Gasteiger partial charge >= 0.3 is 0 Å². The largest absolute Gasteiger partial charge is 0.351 e. The Morgan fingerprint density at radius 3 is 2.62 bits per heavy atom. The van der Waals surface area contributed by atoms with Crippen LogP contribution in [0.2, 0.25) is 10.0 Å². The van der Waals surface area contributed by atoms with Gasteiger partial charge in [0.25, 0.3) is 5.91 Å². The summed E-state index contributed by atoms with van der Waals surface area (Å²) in [5, 5.41) is 14.6. The van der Waals surface area contributed by atoms with Gasteiger partial charge in [0.1, 0.15) is 0 Å². The molecule has 0 unspecified atom stereocenters. The molecule has 1 amide bonds. The van der Waals surface area contributed by atoms with E-state index in [1.54, 1.807) is 30.3 Å². The van der Waals surface area contributed by atoms with Gasteiger partial charge in [-0.05, 0) is 36.8 Å². The smallest absolute Gasteiger partial charge is 0.271 e. The molecule has 0 fully saturated rings. The number of nitrogens with one attached hydrogen (secondary N) is 2. The number of hydrogen-bond donors (Lipinski definition) is 2. The Labute approximate surface area is 132 Å². The van der Waals surface area contributed by atoms with Gasteiger partial charge in [-0.15, -0.1) is 10.2 Å². The summed E-state index contributed by atoms with van der Waals surface area (Å²) in [6.45, 7) is 2.59. The zero-order valence-corrected chi connectivity index (χ0v) is 12.9. The van der Waals surface area contributed by atoms with Gasteiger partial charge in [-0.25, -0.2) is 0 Å². The molecule has 1 aromatic heterocycles. The number of amides is 1. The number of carbonyl (C=O) groups excluding carboxylic acids is 1. The van der Waals surface area contributed by atoms with E-state index >= 15 is 0 Å². The van der Waals surface area contributed by atoms with Crippen LogP contribution < -0.4 is 10.6 Å². The Balaban J connectivity index is 2.07. The Bertz CT molecular complexity index is 631. The van der Waals surface area contributed by atoms with Crippen LogP contribution in [0.4, 0.5) is 11.5 Å². The van der Waals surface area contributed by atoms with E-state index < -0.39 is 0 Å². The molecule has 0 spiro atoms. The highest BCUT2D eigenvalue weighted by Crippen LogP contribution is 2.27. The quantitative estimate of drug-likeness (QED) is 0.880. The van der Waals surface area contributed by atoms with E-state index in [0.717, 1.165) is 6.42 Å². The fraction of sp³-hybridized carbons (Fsp3) is 0.214. The Hall–Kier alpha value is -1.85. The molecule has 0 bridgehead atoms. The molecule has 0 radical (unpaired) electrons. The topological polar surface area (TPSA) is 66.9 Å². The Morgan fingerprint density at radius 2 is 2.00 bits per heavy atom. The summed E-state index contributed by atoms with van der Waals surface area (Å²) in [5.41, 5.74) is 0.940. The van der Waals surface area contributed by atoms with Crippen molar-refractivity contribution in [3.8, 4) is 0 Å². The van der Waals surface area contributed by atoms with Crippen molar-refractivity contribution in [2.24, 2.45) is 0 Å². The second-order valence-electron chi connectivity index (χ2n) is 4.31. The van der Waals surface area contributed by atoms with Gasteiger partial charge < -0.3 is 10.6 Å². The number of anilines is 2. The molecular weight excluding hydrogens is 311 g/mol. The number of rotatable bonds is 5. The first kappa shape index (κ1) is 15.5. The highest BCUT2D eigenvalue weighted by atomic mass is 35.5. The lowest BCUT2D eigenvalue weighted by atomic mass is 10.3. The molecule has 0 aliphatic rings. The van der Waals surface area contributed by atoms with Crippen LogP contribution in [-0.4, -0.2) is 22.6 Å². The predicted molar refractivity (Wildman–Crippen MR) is 84.4 cm³/mol. The molecule has 110 valence electrons. The number of carbonyl (C=O) groups is 1. The molecule has 2 rings (SSSR count). The normalized spacial score (nSPS) is 10.2. The first-order valence-corrected chi connectivity index (χ1v) is 7.19. The molecule has 21 heavy (non-hydrogen) atoms. The Morgan fingerprint density at radius 1 is 1.19 bits per heavy atom. The lowest BCUT2D eigenvalue weighted by Gasteiger charge is -2.08. The summed E-state index contributed by atoms with van der Waals surface area (Å²) in [7, 11) is 0. The molecule has 2 N–H and O–H groups in total. The SMILES string of the molecule is CCCNC(=O)c1ccc(Nc2ccc(Cl)cc2Cl)nn1. The number of benzene rings is 1. The predicted octanol–water partition coefficient (Wildman–Crippen LogP) is 3.67. The van der Waals surface area contributed by atoms with Gasteiger partial charge in [-0.3, -0.25) is 4.79 Å². The van der Waals surface area contributed by atoms with E-state index in [0.29, 0.717) is 28.1 Å². The van der Waals surface area contributed by atoms with Gasteiger partial charge in [0.05, 0.1) is 10.7 Å². The van der Waals surface area contributed by atoms with Crippen molar-refractivity contribution in [1.29, 1.82) is 0 Å². The Kier molecular flexibility index (Phi) is 5.36. The third-order valence-corrected chi connectivity index (χ3v) is 3.17. The maximum atomic E-state index is 11.7. The number of halogens is 2. The molecule has 0 atom stereocenters. The van der Waals surface area contributed by atoms with Crippen molar-refractivity contribution >= 4 is 40.6 Å². The molecule has 1 aromatic carbocycles. The van der Waals surface area contributed by atoms with E-state index in [4.69, 9.17) is 23.2 Å². The molecule has 7 heteroatoms. The van der Waals surface area contributed by atoms with Gasteiger partial charge in [0, 0.05) is 11.6 Å². The van der Waals surface area contributed by atoms with Crippen LogP contribution in [0, 0.1) is 0 Å². The third-order valence-electron chi connectivity index (χ3n) is 2.63. The van der Waals surface area contributed by atoms with Crippen LogP contribution >= 0.6 is 23.2 Å². The number of hydrogen-bond acceptors (Lipinski definition) is 4. The maximum absolute atomic E-state index is 11.7. The molecule has 5 nitrogen and oxygen atoms in total. The van der Waals surface area contributed by atoms with E-state index in [2.05, 4.69) is 20.8 Å². The van der Waals surface area contributed by atoms with E-state index in [9.17, 15) is 4.79 Å². The molecule has 2 aromatic rings. The van der Waals surface area contributed by atoms with E-state index in [1.165, 1.54) is 0 Å². The zero-order valence-electron chi connectivity index (χ0n) is 11.4. The van der Waals surface area contributed by atoms with E-state index in [-0.39, 0.29) is 11.6 Å². The lowest BCUT2D eigenvalue weighted by Crippen LogP contribution is -2.25. The monoisotopic (exact) mass is 324 g/mol. The second-order valence-corrected chi connectivity index (χ2v) is 5.15. The minimum atomic E-state index is -0.236. The van der Waals surface area contributed by atoms with Gasteiger partial charge in [0.2, 0.25) is 0 Å². The third kappa shape index (κ3) is 4.31. The van der Waals surface area contributed by atoms with Crippen LogP contribution in [0.3, 0.4) is 0 Å². The first-order valence-electron chi connectivity index (χ1n) is 6.44. The van der Waals surface area contributed by atoms with Gasteiger partial charge in [-0.1, -0.05) is 30.1 Å². The summed E-state index contributed by atoms with van der Waals surface area (Å²) < 4.78 is 0. The van der Waals surface area contributed by atoms with Gasteiger partial charge in [-0.2, -0.15) is 0 Å². The summed E-state index contributed by atoms with van der Waals surface area (Å²) in [6.07, 6.45) is 0.869. The van der Waals surface area contributed by atoms with Crippen molar-refractivity contribution in [3.05, 3.63) is 46.1 Å². The summed E-state index contributed by atoms with van der Waals surface area (Å²) in [4.78, 5) is 11.7. The highest BCUT2D eigenvalue weighted by Gasteiger charge is 2.08. The first-order chi connectivity index (χ1) is 10.1. The van der Waals surface area contributed by atoms with Crippen LogP contribution in [0.25, 0.3) is 0 Å². The van der Waals surface area contributed by atoms with Crippen LogP contribution in [-0.2, 0) is 0 Å². The fourth-order valence-electron chi connectivity index (χ4n) is 1.58. The second kappa shape index (κ2) is 7.24. The van der Waals surface area contributed by atoms with E-state index in [1.807, 2.05) is 6.92 Å². The summed E-state index contributed by atoms with van der Waals surface area (Å²) in [5.74, 6) is 0.256. The standard InChI is InChI=1S/C14H14Cl2N4O/c1-2-7-17-14(21)12-5-6-13(20-19-12)18-11-4-3-9(15)8-10(11)16/h3-6,8H,2,7H2,1H3,(H,17,21)(H,18,20). The minimum Gasteiger partial charge on any atom is -0.351 e. The van der Waals surface area contributed by atoms with Crippen LogP contribution in [0.15, 0.2) is 30.3 Å². The molecule has 0 saturated carbocycles. The molecule has 0 saturated heterocycles. The number of nitrogens with zero attached hydrogens (tertiary/aromatic N) is 2.